The highest BCUT2D eigenvalue weighted by Gasteiger charge is 2.18. The molecule has 4 aromatic rings. The number of carbonyl (C=O) groups excluding carboxylic acids is 1. The number of hydrogen-bond donors (Lipinski definition) is 3. The van der Waals surface area contributed by atoms with Gasteiger partial charge in [0.2, 0.25) is 0 Å². The summed E-state index contributed by atoms with van der Waals surface area (Å²) in [6.45, 7) is 11.1. The van der Waals surface area contributed by atoms with Crippen molar-refractivity contribution >= 4 is 17.4 Å². The van der Waals surface area contributed by atoms with Gasteiger partial charge in [0.1, 0.15) is 5.82 Å². The summed E-state index contributed by atoms with van der Waals surface area (Å²) in [7, 11) is 0. The second-order valence-corrected chi connectivity index (χ2v) is 10.4. The molecule has 0 fully saturated rings. The molecule has 7 nitrogen and oxygen atoms in total. The van der Waals surface area contributed by atoms with Crippen molar-refractivity contribution in [3.8, 4) is 17.5 Å². The minimum Gasteiger partial charge on any atom is -0.322 e. The van der Waals surface area contributed by atoms with Gasteiger partial charge in [0.15, 0.2) is 0 Å². The first-order valence-corrected chi connectivity index (χ1v) is 12.2. The third kappa shape index (κ3) is 5.40. The molecule has 1 aliphatic rings. The lowest BCUT2D eigenvalue weighted by molar-refractivity contribution is 0.102. The SMILES string of the molecule is Cc1cn(-c2cc(NC(=O)c3ccc(C)c(C#Cc4cnc5c(c4)CNN5)c3)cc(C(C)(C)C)c2)cn1. The van der Waals surface area contributed by atoms with Crippen molar-refractivity contribution in [3.63, 3.8) is 0 Å². The predicted molar refractivity (Wildman–Crippen MR) is 147 cm³/mol. The van der Waals surface area contributed by atoms with E-state index < -0.39 is 0 Å². The summed E-state index contributed by atoms with van der Waals surface area (Å²) in [5, 5.41) is 3.09. The quantitative estimate of drug-likeness (QED) is 0.341. The summed E-state index contributed by atoms with van der Waals surface area (Å²) in [5.41, 5.74) is 14.0. The van der Waals surface area contributed by atoms with Crippen LogP contribution in [-0.2, 0) is 12.0 Å². The van der Waals surface area contributed by atoms with E-state index in [9.17, 15) is 4.79 Å². The molecule has 0 spiro atoms. The van der Waals surface area contributed by atoms with E-state index in [2.05, 4.69) is 64.8 Å². The van der Waals surface area contributed by atoms with Gasteiger partial charge in [0.25, 0.3) is 5.91 Å². The van der Waals surface area contributed by atoms with E-state index in [-0.39, 0.29) is 11.3 Å². The lowest BCUT2D eigenvalue weighted by atomic mass is 9.86. The van der Waals surface area contributed by atoms with Gasteiger partial charge in [-0.3, -0.25) is 4.79 Å². The van der Waals surface area contributed by atoms with Gasteiger partial charge in [-0.05, 0) is 66.8 Å². The fourth-order valence-corrected chi connectivity index (χ4v) is 4.12. The van der Waals surface area contributed by atoms with Gasteiger partial charge < -0.3 is 15.3 Å². The van der Waals surface area contributed by atoms with Gasteiger partial charge >= 0.3 is 0 Å². The Morgan fingerprint density at radius 1 is 1.05 bits per heavy atom. The maximum absolute atomic E-state index is 13.3. The summed E-state index contributed by atoms with van der Waals surface area (Å²) >= 11 is 0. The molecule has 3 N–H and O–H groups in total. The number of carbonyl (C=O) groups is 1. The fourth-order valence-electron chi connectivity index (χ4n) is 4.12. The summed E-state index contributed by atoms with van der Waals surface area (Å²) in [4.78, 5) is 22.0. The van der Waals surface area contributed by atoms with Crippen LogP contribution in [0.1, 0.15) is 64.6 Å². The molecule has 7 heteroatoms. The first-order valence-electron chi connectivity index (χ1n) is 12.2. The van der Waals surface area contributed by atoms with Crippen LogP contribution < -0.4 is 16.2 Å². The van der Waals surface area contributed by atoms with Crippen LogP contribution in [0.3, 0.4) is 0 Å². The number of hydrazine groups is 1. The summed E-state index contributed by atoms with van der Waals surface area (Å²) in [5.74, 6) is 7.06. The lowest BCUT2D eigenvalue weighted by Gasteiger charge is -2.22. The molecule has 0 bridgehead atoms. The topological polar surface area (TPSA) is 83.9 Å². The van der Waals surface area contributed by atoms with Crippen molar-refractivity contribution in [1.29, 1.82) is 0 Å². The molecule has 1 amide bonds. The third-order valence-corrected chi connectivity index (χ3v) is 6.35. The van der Waals surface area contributed by atoms with Gasteiger partial charge in [-0.25, -0.2) is 15.4 Å². The average Bonchev–Trinajstić information content (AvgIpc) is 3.51. The predicted octanol–water partition coefficient (Wildman–Crippen LogP) is 5.26. The van der Waals surface area contributed by atoms with Crippen molar-refractivity contribution in [3.05, 3.63) is 100 Å². The van der Waals surface area contributed by atoms with Crippen molar-refractivity contribution < 1.29 is 4.79 Å². The molecule has 2 aromatic heterocycles. The van der Waals surface area contributed by atoms with Crippen LogP contribution in [0.2, 0.25) is 0 Å². The van der Waals surface area contributed by atoms with Crippen LogP contribution >= 0.6 is 0 Å². The number of nitrogens with zero attached hydrogens (tertiary/aromatic N) is 3. The smallest absolute Gasteiger partial charge is 0.255 e. The van der Waals surface area contributed by atoms with Crippen LogP contribution in [-0.4, -0.2) is 20.4 Å². The Morgan fingerprint density at radius 2 is 1.89 bits per heavy atom. The normalized spacial score (nSPS) is 12.4. The van der Waals surface area contributed by atoms with E-state index in [4.69, 9.17) is 0 Å². The van der Waals surface area contributed by atoms with E-state index in [0.717, 1.165) is 50.7 Å². The van der Waals surface area contributed by atoms with E-state index in [1.54, 1.807) is 12.5 Å². The molecule has 0 aliphatic carbocycles. The van der Waals surface area contributed by atoms with E-state index >= 15 is 0 Å². The number of hydrogen-bond acceptors (Lipinski definition) is 5. The zero-order chi connectivity index (χ0) is 26.2. The molecule has 3 heterocycles. The second-order valence-electron chi connectivity index (χ2n) is 10.4. The molecule has 37 heavy (non-hydrogen) atoms. The Balaban J connectivity index is 1.42. The number of anilines is 2. The van der Waals surface area contributed by atoms with Crippen LogP contribution in [0.15, 0.2) is 61.2 Å². The van der Waals surface area contributed by atoms with Crippen LogP contribution in [0.25, 0.3) is 5.69 Å². The number of aryl methyl sites for hydroxylation is 2. The van der Waals surface area contributed by atoms with Crippen molar-refractivity contribution in [1.82, 2.24) is 20.0 Å². The van der Waals surface area contributed by atoms with Gasteiger partial charge in [-0.2, -0.15) is 0 Å². The fraction of sp³-hybridized carbons (Fsp3) is 0.233. The zero-order valence-corrected chi connectivity index (χ0v) is 21.7. The molecule has 0 atom stereocenters. The minimum absolute atomic E-state index is 0.0870. The maximum Gasteiger partial charge on any atom is 0.255 e. The minimum atomic E-state index is -0.182. The first kappa shape index (κ1) is 24.3. The molecule has 0 saturated carbocycles. The highest BCUT2D eigenvalue weighted by Crippen LogP contribution is 2.29. The summed E-state index contributed by atoms with van der Waals surface area (Å²) in [6, 6.07) is 13.8. The lowest BCUT2D eigenvalue weighted by Crippen LogP contribution is -2.16. The standard InChI is InChI=1S/C30H30N6O/c1-19-6-8-23(11-22(19)9-7-21-10-24-16-33-35-28(24)31-15-21)29(37)34-26-12-25(30(3,4)5)13-27(14-26)36-17-20(2)32-18-36/h6,8,10-15,17-18,33H,16H2,1-5H3,(H,31,35)(H,34,37). The monoisotopic (exact) mass is 490 g/mol. The molecule has 2 aromatic carbocycles. The number of benzene rings is 2. The molecule has 0 radical (unpaired) electrons. The third-order valence-electron chi connectivity index (χ3n) is 6.35. The summed E-state index contributed by atoms with van der Waals surface area (Å²) in [6.07, 6.45) is 5.51. The van der Waals surface area contributed by atoms with Crippen molar-refractivity contribution in [2.75, 3.05) is 10.7 Å². The molecule has 1 aliphatic heterocycles. The van der Waals surface area contributed by atoms with Gasteiger partial charge in [-0.15, -0.1) is 0 Å². The van der Waals surface area contributed by atoms with Crippen LogP contribution in [0.5, 0.6) is 0 Å². The van der Waals surface area contributed by atoms with Crippen LogP contribution in [0.4, 0.5) is 11.5 Å². The molecular weight excluding hydrogens is 460 g/mol. The zero-order valence-electron chi connectivity index (χ0n) is 21.7. The number of nitrogens with one attached hydrogen (secondary N) is 3. The summed E-state index contributed by atoms with van der Waals surface area (Å²) < 4.78 is 1.97. The van der Waals surface area contributed by atoms with E-state index in [1.165, 1.54) is 0 Å². The van der Waals surface area contributed by atoms with Gasteiger partial charge in [0.05, 0.1) is 12.0 Å². The average molecular weight is 491 g/mol. The molecule has 0 saturated heterocycles. The van der Waals surface area contributed by atoms with Crippen LogP contribution in [0, 0.1) is 25.7 Å². The highest BCUT2D eigenvalue weighted by molar-refractivity contribution is 6.04. The van der Waals surface area contributed by atoms with Gasteiger partial charge in [0, 0.05) is 52.6 Å². The number of fused-ring (bicyclic) bond motifs is 1. The Bertz CT molecular complexity index is 1570. The Morgan fingerprint density at radius 3 is 2.65 bits per heavy atom. The number of rotatable bonds is 3. The maximum atomic E-state index is 13.3. The number of amides is 1. The molecule has 5 rings (SSSR count). The van der Waals surface area contributed by atoms with Crippen molar-refractivity contribution in [2.24, 2.45) is 0 Å². The molecule has 0 unspecified atom stereocenters. The second kappa shape index (κ2) is 9.57. The van der Waals surface area contributed by atoms with Gasteiger partial charge in [-0.1, -0.05) is 38.7 Å². The number of pyridine rings is 1. The Kier molecular flexibility index (Phi) is 6.28. The largest absolute Gasteiger partial charge is 0.322 e. The Hall–Kier alpha value is -4.41. The Labute approximate surface area is 217 Å². The number of aromatic nitrogens is 3. The van der Waals surface area contributed by atoms with E-state index in [1.807, 2.05) is 61.0 Å². The van der Waals surface area contributed by atoms with E-state index in [0.29, 0.717) is 12.1 Å². The number of imidazole rings is 1. The molecule has 186 valence electrons. The molecular formula is C30H30N6O. The highest BCUT2D eigenvalue weighted by atomic mass is 16.1. The first-order chi connectivity index (χ1) is 17.7. The van der Waals surface area contributed by atoms with Crippen molar-refractivity contribution in [2.45, 2.75) is 46.6 Å².